The average molecular weight is 580 g/mol. The van der Waals surface area contributed by atoms with Gasteiger partial charge in [0.05, 0.1) is 16.5 Å². The van der Waals surface area contributed by atoms with Crippen molar-refractivity contribution in [3.63, 3.8) is 0 Å². The van der Waals surface area contributed by atoms with Crippen molar-refractivity contribution < 1.29 is 26.4 Å². The van der Waals surface area contributed by atoms with Crippen LogP contribution >= 0.6 is 34.2 Å². The fourth-order valence-corrected chi connectivity index (χ4v) is 4.23. The molecule has 0 aromatic heterocycles. The van der Waals surface area contributed by atoms with E-state index in [9.17, 15) is 26.4 Å². The second kappa shape index (κ2) is 9.58. The number of nitrogens with one attached hydrogen (secondary N) is 1. The van der Waals surface area contributed by atoms with E-state index < -0.39 is 22.8 Å². The molecule has 0 fully saturated rings. The SMILES string of the molecule is O=C(Nc1cc(Cl)c(-c2ccc(-c3ccc(C[SH](=O)=O)cc3)cc2)cc1I)C(F)(F)F. The van der Waals surface area contributed by atoms with E-state index in [1.807, 2.05) is 64.3 Å². The number of thiol groups is 1. The summed E-state index contributed by atoms with van der Waals surface area (Å²) in [5.41, 5.74) is 3.85. The molecule has 0 radical (unpaired) electrons. The molecule has 4 nitrogen and oxygen atoms in total. The Hall–Kier alpha value is -2.11. The Kier molecular flexibility index (Phi) is 7.28. The molecule has 0 aliphatic rings. The summed E-state index contributed by atoms with van der Waals surface area (Å²) in [6.45, 7) is 0. The summed E-state index contributed by atoms with van der Waals surface area (Å²) in [5.74, 6) is -2.07. The van der Waals surface area contributed by atoms with E-state index in [2.05, 4.69) is 0 Å². The van der Waals surface area contributed by atoms with Crippen LogP contribution in [0.15, 0.2) is 60.7 Å². The zero-order valence-electron chi connectivity index (χ0n) is 15.5. The van der Waals surface area contributed by atoms with E-state index in [1.54, 1.807) is 18.2 Å². The molecule has 0 aliphatic carbocycles. The minimum absolute atomic E-state index is 0.00882. The minimum Gasteiger partial charge on any atom is -0.317 e. The van der Waals surface area contributed by atoms with Crippen molar-refractivity contribution in [2.75, 3.05) is 5.32 Å². The number of anilines is 1. The van der Waals surface area contributed by atoms with Crippen LogP contribution in [0.4, 0.5) is 18.9 Å². The second-order valence-electron chi connectivity index (χ2n) is 6.53. The molecular formula is C21H14ClF3INO3S. The lowest BCUT2D eigenvalue weighted by Crippen LogP contribution is -2.30. The van der Waals surface area contributed by atoms with Gasteiger partial charge in [0.2, 0.25) is 0 Å². The molecule has 10 heteroatoms. The van der Waals surface area contributed by atoms with Gasteiger partial charge in [-0.15, -0.1) is 0 Å². The minimum atomic E-state index is -4.99. The zero-order chi connectivity index (χ0) is 22.8. The number of amides is 1. The second-order valence-corrected chi connectivity index (χ2v) is 9.08. The van der Waals surface area contributed by atoms with Crippen LogP contribution in [0.25, 0.3) is 22.3 Å². The third kappa shape index (κ3) is 5.98. The van der Waals surface area contributed by atoms with Crippen LogP contribution < -0.4 is 5.32 Å². The van der Waals surface area contributed by atoms with E-state index >= 15 is 0 Å². The van der Waals surface area contributed by atoms with E-state index in [1.165, 1.54) is 6.07 Å². The van der Waals surface area contributed by atoms with Crippen LogP contribution in [0.3, 0.4) is 0 Å². The number of alkyl halides is 3. The molecule has 3 aromatic rings. The first-order valence-corrected chi connectivity index (χ1v) is 11.6. The number of carbonyl (C=O) groups is 1. The Morgan fingerprint density at radius 3 is 1.97 bits per heavy atom. The van der Waals surface area contributed by atoms with Crippen LogP contribution in [0.2, 0.25) is 5.02 Å². The Morgan fingerprint density at radius 2 is 1.45 bits per heavy atom. The van der Waals surface area contributed by atoms with Gasteiger partial charge in [0.15, 0.2) is 0 Å². The molecule has 0 saturated heterocycles. The van der Waals surface area contributed by atoms with Crippen molar-refractivity contribution >= 4 is 56.5 Å². The third-order valence-electron chi connectivity index (χ3n) is 4.36. The molecule has 0 heterocycles. The molecule has 31 heavy (non-hydrogen) atoms. The lowest BCUT2D eigenvalue weighted by atomic mass is 9.99. The van der Waals surface area contributed by atoms with Crippen molar-refractivity contribution in [3.8, 4) is 22.3 Å². The van der Waals surface area contributed by atoms with Gasteiger partial charge in [-0.3, -0.25) is 4.79 Å². The molecule has 0 aliphatic heterocycles. The Labute approximate surface area is 196 Å². The van der Waals surface area contributed by atoms with Crippen molar-refractivity contribution in [2.24, 2.45) is 0 Å². The molecule has 3 aromatic carbocycles. The summed E-state index contributed by atoms with van der Waals surface area (Å²) < 4.78 is 59.5. The predicted molar refractivity (Wildman–Crippen MR) is 124 cm³/mol. The molecule has 0 saturated carbocycles. The van der Waals surface area contributed by atoms with Gasteiger partial charge in [-0.05, 0) is 57.0 Å². The van der Waals surface area contributed by atoms with Gasteiger partial charge < -0.3 is 5.32 Å². The zero-order valence-corrected chi connectivity index (χ0v) is 19.4. The number of hydrogen-bond donors (Lipinski definition) is 2. The average Bonchev–Trinajstić information content (AvgIpc) is 2.70. The third-order valence-corrected chi connectivity index (χ3v) is 6.19. The molecule has 0 atom stereocenters. The maximum absolute atomic E-state index is 12.5. The van der Waals surface area contributed by atoms with Crippen LogP contribution in [0.1, 0.15) is 5.56 Å². The topological polar surface area (TPSA) is 63.2 Å². The lowest BCUT2D eigenvalue weighted by Gasteiger charge is -2.13. The van der Waals surface area contributed by atoms with E-state index in [0.29, 0.717) is 14.7 Å². The van der Waals surface area contributed by atoms with Crippen molar-refractivity contribution in [2.45, 2.75) is 11.9 Å². The number of benzene rings is 3. The number of carbonyl (C=O) groups excluding carboxylic acids is 1. The molecule has 0 bridgehead atoms. The Morgan fingerprint density at radius 1 is 0.935 bits per heavy atom. The maximum atomic E-state index is 12.5. The smallest absolute Gasteiger partial charge is 0.317 e. The molecule has 0 unspecified atom stereocenters. The molecule has 1 N–H and O–H groups in total. The fraction of sp³-hybridized carbons (Fsp3) is 0.0952. The largest absolute Gasteiger partial charge is 0.471 e. The van der Waals surface area contributed by atoms with Gasteiger partial charge in [-0.2, -0.15) is 13.2 Å². The Bertz CT molecular complexity index is 1190. The van der Waals surface area contributed by atoms with Crippen molar-refractivity contribution in [1.29, 1.82) is 0 Å². The van der Waals surface area contributed by atoms with E-state index in [4.69, 9.17) is 11.6 Å². The highest BCUT2D eigenvalue weighted by Gasteiger charge is 2.39. The normalized spacial score (nSPS) is 11.5. The highest BCUT2D eigenvalue weighted by molar-refractivity contribution is 14.1. The summed E-state index contributed by atoms with van der Waals surface area (Å²) in [6, 6.07) is 17.4. The van der Waals surface area contributed by atoms with E-state index in [-0.39, 0.29) is 16.5 Å². The Balaban J connectivity index is 1.84. The standard InChI is InChI=1S/C21H14ClF3INO3S/c22-17-10-19(27-20(28)21(23,24)25)18(26)9-16(17)15-7-5-14(6-8-15)13-3-1-12(2-4-13)11-31(29)30/h1-10,31H,11H2,(H,27,28). The number of hydrogen-bond acceptors (Lipinski definition) is 3. The molecule has 3 rings (SSSR count). The van der Waals surface area contributed by atoms with Crippen molar-refractivity contribution in [3.05, 3.63) is 74.8 Å². The number of halogens is 5. The van der Waals surface area contributed by atoms with Crippen LogP contribution in [0, 0.1) is 3.57 Å². The molecule has 0 spiro atoms. The van der Waals surface area contributed by atoms with Crippen LogP contribution in [-0.4, -0.2) is 20.5 Å². The van der Waals surface area contributed by atoms with Gasteiger partial charge in [0, 0.05) is 9.13 Å². The van der Waals surface area contributed by atoms with Gasteiger partial charge in [0.25, 0.3) is 0 Å². The lowest BCUT2D eigenvalue weighted by molar-refractivity contribution is -0.167. The molecule has 162 valence electrons. The first-order valence-electron chi connectivity index (χ1n) is 8.73. The van der Waals surface area contributed by atoms with Crippen LogP contribution in [0.5, 0.6) is 0 Å². The maximum Gasteiger partial charge on any atom is 0.471 e. The van der Waals surface area contributed by atoms with Gasteiger partial charge in [0.1, 0.15) is 10.7 Å². The first kappa shape index (κ1) is 23.6. The van der Waals surface area contributed by atoms with Gasteiger partial charge in [-0.25, -0.2) is 8.42 Å². The van der Waals surface area contributed by atoms with Gasteiger partial charge >= 0.3 is 12.1 Å². The van der Waals surface area contributed by atoms with Gasteiger partial charge in [-0.1, -0.05) is 60.1 Å². The highest BCUT2D eigenvalue weighted by atomic mass is 127. The first-order chi connectivity index (χ1) is 14.5. The van der Waals surface area contributed by atoms with Crippen molar-refractivity contribution in [1.82, 2.24) is 0 Å². The number of rotatable bonds is 5. The summed E-state index contributed by atoms with van der Waals surface area (Å²) in [5, 5.41) is 2.02. The summed E-state index contributed by atoms with van der Waals surface area (Å²) in [6.07, 6.45) is -4.99. The molecular weight excluding hydrogens is 566 g/mol. The fourth-order valence-electron chi connectivity index (χ4n) is 2.85. The quantitative estimate of drug-likeness (QED) is 0.293. The summed E-state index contributed by atoms with van der Waals surface area (Å²) in [7, 11) is -2.48. The molecule has 1 amide bonds. The van der Waals surface area contributed by atoms with E-state index in [0.717, 1.165) is 16.7 Å². The van der Waals surface area contributed by atoms with Crippen LogP contribution in [-0.2, 0) is 21.3 Å². The predicted octanol–water partition coefficient (Wildman–Crippen LogP) is 5.89. The summed E-state index contributed by atoms with van der Waals surface area (Å²) in [4.78, 5) is 11.2. The highest BCUT2D eigenvalue weighted by Crippen LogP contribution is 2.35. The monoisotopic (exact) mass is 579 g/mol. The summed E-state index contributed by atoms with van der Waals surface area (Å²) >= 11 is 8.10.